The monoisotopic (exact) mass is 390 g/mol. The molecule has 0 saturated heterocycles. The lowest BCUT2D eigenvalue weighted by Gasteiger charge is -2.25. The molecule has 4 rings (SSSR count). The van der Waals surface area contributed by atoms with Gasteiger partial charge in [-0.05, 0) is 41.8 Å². The predicted octanol–water partition coefficient (Wildman–Crippen LogP) is 3.42. The number of para-hydroxylation sites is 1. The van der Waals surface area contributed by atoms with Crippen LogP contribution in [0.4, 0.5) is 4.39 Å². The highest BCUT2D eigenvalue weighted by atomic mass is 19.1. The fourth-order valence-electron chi connectivity index (χ4n) is 3.43. The van der Waals surface area contributed by atoms with Gasteiger partial charge in [-0.2, -0.15) is 5.10 Å². The molecule has 1 aliphatic heterocycles. The van der Waals surface area contributed by atoms with Gasteiger partial charge in [0.05, 0.1) is 18.4 Å². The van der Waals surface area contributed by atoms with E-state index in [4.69, 9.17) is 0 Å². The molecule has 148 valence electrons. The number of amides is 1. The van der Waals surface area contributed by atoms with E-state index in [1.54, 1.807) is 12.1 Å². The predicted molar refractivity (Wildman–Crippen MR) is 111 cm³/mol. The van der Waals surface area contributed by atoms with Gasteiger partial charge in [0.2, 0.25) is 5.91 Å². The van der Waals surface area contributed by atoms with Crippen molar-refractivity contribution in [1.82, 2.24) is 20.0 Å². The first kappa shape index (κ1) is 19.1. The number of rotatable bonds is 6. The molecule has 1 aliphatic rings. The van der Waals surface area contributed by atoms with Gasteiger partial charge >= 0.3 is 0 Å². The minimum atomic E-state index is -0.291. The highest BCUT2D eigenvalue weighted by Gasteiger charge is 2.16. The van der Waals surface area contributed by atoms with Crippen molar-refractivity contribution in [3.8, 4) is 5.69 Å². The Kier molecular flexibility index (Phi) is 5.81. The molecule has 0 saturated carbocycles. The van der Waals surface area contributed by atoms with Gasteiger partial charge in [-0.15, -0.1) is 0 Å². The van der Waals surface area contributed by atoms with E-state index in [0.717, 1.165) is 36.3 Å². The largest absolute Gasteiger partial charge is 0.351 e. The van der Waals surface area contributed by atoms with Crippen LogP contribution in [0.1, 0.15) is 17.5 Å². The van der Waals surface area contributed by atoms with E-state index in [1.165, 1.54) is 17.7 Å². The molecule has 0 bridgehead atoms. The Morgan fingerprint density at radius 1 is 1.14 bits per heavy atom. The summed E-state index contributed by atoms with van der Waals surface area (Å²) in [5, 5.41) is 7.32. The van der Waals surface area contributed by atoms with Crippen LogP contribution >= 0.6 is 0 Å². The average molecular weight is 390 g/mol. The highest BCUT2D eigenvalue weighted by Crippen LogP contribution is 2.22. The molecule has 3 aromatic rings. The van der Waals surface area contributed by atoms with Crippen LogP contribution in [-0.4, -0.2) is 40.2 Å². The van der Waals surface area contributed by atoms with Gasteiger partial charge in [0.15, 0.2) is 0 Å². The molecule has 0 aliphatic carbocycles. The number of benzene rings is 2. The first-order valence-corrected chi connectivity index (χ1v) is 9.70. The molecule has 0 unspecified atom stereocenters. The zero-order valence-electron chi connectivity index (χ0n) is 16.1. The normalized spacial score (nSPS) is 14.4. The van der Waals surface area contributed by atoms with Gasteiger partial charge in [-0.1, -0.05) is 36.4 Å². The van der Waals surface area contributed by atoms with Crippen LogP contribution in [0.3, 0.4) is 0 Å². The SMILES string of the molecule is O=C(CN1CC=C(c2cnn(-c3ccccc3)c2)CC1)NCc1cccc(F)c1. The second kappa shape index (κ2) is 8.84. The fourth-order valence-corrected chi connectivity index (χ4v) is 3.43. The maximum absolute atomic E-state index is 13.2. The lowest BCUT2D eigenvalue weighted by molar-refractivity contribution is -0.122. The third kappa shape index (κ3) is 4.97. The molecule has 2 aromatic carbocycles. The molecular formula is C23H23FN4O. The number of hydrogen-bond donors (Lipinski definition) is 1. The number of hydrogen-bond acceptors (Lipinski definition) is 3. The summed E-state index contributed by atoms with van der Waals surface area (Å²) in [7, 11) is 0. The van der Waals surface area contributed by atoms with Gasteiger partial charge < -0.3 is 5.32 Å². The molecule has 5 nitrogen and oxygen atoms in total. The van der Waals surface area contributed by atoms with E-state index in [2.05, 4.69) is 21.4 Å². The third-order valence-electron chi connectivity index (χ3n) is 5.01. The van der Waals surface area contributed by atoms with Crippen molar-refractivity contribution in [1.29, 1.82) is 0 Å². The Bertz CT molecular complexity index is 1010. The smallest absolute Gasteiger partial charge is 0.234 e. The Labute approximate surface area is 169 Å². The number of nitrogens with one attached hydrogen (secondary N) is 1. The molecule has 1 amide bonds. The highest BCUT2D eigenvalue weighted by molar-refractivity contribution is 5.78. The average Bonchev–Trinajstić information content (AvgIpc) is 3.24. The zero-order chi connectivity index (χ0) is 20.1. The van der Waals surface area contributed by atoms with Crippen LogP contribution in [0, 0.1) is 5.82 Å². The second-order valence-corrected chi connectivity index (χ2v) is 7.13. The molecule has 2 heterocycles. The van der Waals surface area contributed by atoms with Crippen molar-refractivity contribution >= 4 is 11.5 Å². The lowest BCUT2D eigenvalue weighted by Crippen LogP contribution is -2.39. The third-order valence-corrected chi connectivity index (χ3v) is 5.01. The van der Waals surface area contributed by atoms with Crippen molar-refractivity contribution in [2.24, 2.45) is 0 Å². The summed E-state index contributed by atoms with van der Waals surface area (Å²) in [4.78, 5) is 14.3. The molecule has 29 heavy (non-hydrogen) atoms. The van der Waals surface area contributed by atoms with Crippen LogP contribution in [-0.2, 0) is 11.3 Å². The molecule has 6 heteroatoms. The molecule has 0 spiro atoms. The summed E-state index contributed by atoms with van der Waals surface area (Å²) in [6, 6.07) is 16.3. The topological polar surface area (TPSA) is 50.2 Å². The number of halogens is 1. The van der Waals surface area contributed by atoms with Gasteiger partial charge in [-0.3, -0.25) is 9.69 Å². The Balaban J connectivity index is 1.29. The molecule has 0 radical (unpaired) electrons. The summed E-state index contributed by atoms with van der Waals surface area (Å²) >= 11 is 0. The maximum atomic E-state index is 13.2. The Morgan fingerprint density at radius 2 is 2.00 bits per heavy atom. The molecule has 1 N–H and O–H groups in total. The van der Waals surface area contributed by atoms with Gasteiger partial charge in [0.25, 0.3) is 0 Å². The van der Waals surface area contributed by atoms with Gasteiger partial charge in [0, 0.05) is 31.4 Å². The van der Waals surface area contributed by atoms with Crippen molar-refractivity contribution in [2.75, 3.05) is 19.6 Å². The van der Waals surface area contributed by atoms with E-state index in [-0.39, 0.29) is 11.7 Å². The van der Waals surface area contributed by atoms with Crippen molar-refractivity contribution in [3.05, 3.63) is 90.0 Å². The molecule has 0 fully saturated rings. The minimum Gasteiger partial charge on any atom is -0.351 e. The van der Waals surface area contributed by atoms with E-state index >= 15 is 0 Å². The van der Waals surface area contributed by atoms with Crippen LogP contribution in [0.5, 0.6) is 0 Å². The van der Waals surface area contributed by atoms with Gasteiger partial charge in [-0.25, -0.2) is 9.07 Å². The maximum Gasteiger partial charge on any atom is 0.234 e. The first-order chi connectivity index (χ1) is 14.2. The molecule has 0 atom stereocenters. The van der Waals surface area contributed by atoms with Crippen LogP contribution in [0.15, 0.2) is 73.1 Å². The van der Waals surface area contributed by atoms with Crippen LogP contribution < -0.4 is 5.32 Å². The fraction of sp³-hybridized carbons (Fsp3) is 0.217. The summed E-state index contributed by atoms with van der Waals surface area (Å²) in [6.07, 6.45) is 6.97. The number of carbonyl (C=O) groups excluding carboxylic acids is 1. The first-order valence-electron chi connectivity index (χ1n) is 9.70. The van der Waals surface area contributed by atoms with Crippen molar-refractivity contribution in [3.63, 3.8) is 0 Å². The number of nitrogens with zero attached hydrogens (tertiary/aromatic N) is 3. The summed E-state index contributed by atoms with van der Waals surface area (Å²) in [5.41, 5.74) is 4.16. The number of carbonyl (C=O) groups is 1. The van der Waals surface area contributed by atoms with Crippen LogP contribution in [0.2, 0.25) is 0 Å². The second-order valence-electron chi connectivity index (χ2n) is 7.13. The summed E-state index contributed by atoms with van der Waals surface area (Å²) in [6.45, 7) is 2.21. The lowest BCUT2D eigenvalue weighted by atomic mass is 10.0. The Morgan fingerprint density at radius 3 is 2.76 bits per heavy atom. The minimum absolute atomic E-state index is 0.0528. The Hall–Kier alpha value is -3.25. The van der Waals surface area contributed by atoms with Gasteiger partial charge in [0.1, 0.15) is 5.82 Å². The summed E-state index contributed by atoms with van der Waals surface area (Å²) in [5.74, 6) is -0.343. The van der Waals surface area contributed by atoms with E-state index < -0.39 is 0 Å². The molecule has 1 aromatic heterocycles. The zero-order valence-corrected chi connectivity index (χ0v) is 16.1. The van der Waals surface area contributed by atoms with Crippen LogP contribution in [0.25, 0.3) is 11.3 Å². The van der Waals surface area contributed by atoms with E-state index in [1.807, 2.05) is 47.4 Å². The van der Waals surface area contributed by atoms with Crippen molar-refractivity contribution < 1.29 is 9.18 Å². The van der Waals surface area contributed by atoms with Crippen molar-refractivity contribution in [2.45, 2.75) is 13.0 Å². The van der Waals surface area contributed by atoms with E-state index in [9.17, 15) is 9.18 Å². The number of aromatic nitrogens is 2. The molecular weight excluding hydrogens is 367 g/mol. The standard InChI is InChI=1S/C23H23FN4O/c24-21-6-4-5-18(13-21)14-25-23(29)17-27-11-9-19(10-12-27)20-15-26-28(16-20)22-7-2-1-3-8-22/h1-9,13,15-16H,10-12,14,17H2,(H,25,29). The summed E-state index contributed by atoms with van der Waals surface area (Å²) < 4.78 is 15.1. The van der Waals surface area contributed by atoms with E-state index in [0.29, 0.717) is 13.1 Å². The quantitative estimate of drug-likeness (QED) is 0.702.